The minimum absolute atomic E-state index is 0.239. The molecule has 0 spiro atoms. The van der Waals surface area contributed by atoms with Gasteiger partial charge in [0.25, 0.3) is 0 Å². The van der Waals surface area contributed by atoms with E-state index in [1.54, 1.807) is 11.1 Å². The Morgan fingerprint density at radius 3 is 2.74 bits per heavy atom. The van der Waals surface area contributed by atoms with Gasteiger partial charge in [-0.05, 0) is 30.7 Å². The Labute approximate surface area is 134 Å². The Bertz CT molecular complexity index is 642. The third-order valence-electron chi connectivity index (χ3n) is 3.97. The molecule has 7 heteroatoms. The lowest BCUT2D eigenvalue weighted by atomic mass is 10.1. The lowest BCUT2D eigenvalue weighted by Crippen LogP contribution is -2.48. The number of aromatic amines is 1. The summed E-state index contributed by atoms with van der Waals surface area (Å²) in [6.45, 7) is 3.02. The molecule has 0 aliphatic carbocycles. The molecule has 3 rings (SSSR count). The quantitative estimate of drug-likeness (QED) is 0.800. The van der Waals surface area contributed by atoms with Crippen LogP contribution in [0.3, 0.4) is 0 Å². The maximum absolute atomic E-state index is 12.4. The second-order valence-corrected chi connectivity index (χ2v) is 5.44. The lowest BCUT2D eigenvalue weighted by molar-refractivity contribution is 0.1000. The molecule has 1 saturated heterocycles. The number of urea groups is 1. The summed E-state index contributed by atoms with van der Waals surface area (Å²) in [6.07, 6.45) is 1.06. The zero-order valence-corrected chi connectivity index (χ0v) is 12.9. The van der Waals surface area contributed by atoms with Crippen molar-refractivity contribution in [3.63, 3.8) is 0 Å². The number of anilines is 1. The van der Waals surface area contributed by atoms with Gasteiger partial charge in [-0.2, -0.15) is 5.10 Å². The summed E-state index contributed by atoms with van der Waals surface area (Å²) in [5.74, 6) is 0. The van der Waals surface area contributed by atoms with Gasteiger partial charge >= 0.3 is 6.03 Å². The molecule has 2 aromatic rings. The number of ether oxygens (including phenoxy) is 1. The van der Waals surface area contributed by atoms with Crippen LogP contribution >= 0.6 is 0 Å². The Morgan fingerprint density at radius 1 is 1.39 bits per heavy atom. The Balaban J connectivity index is 1.67. The second kappa shape index (κ2) is 6.80. The first-order valence-electron chi connectivity index (χ1n) is 7.62. The van der Waals surface area contributed by atoms with Crippen molar-refractivity contribution in [2.45, 2.75) is 19.1 Å². The minimum Gasteiger partial charge on any atom is -0.388 e. The molecule has 122 valence electrons. The smallest absolute Gasteiger partial charge is 0.322 e. The van der Waals surface area contributed by atoms with Crippen LogP contribution in [0.4, 0.5) is 10.5 Å². The molecule has 2 heterocycles. The predicted molar refractivity (Wildman–Crippen MR) is 86.0 cm³/mol. The number of nitrogens with one attached hydrogen (secondary N) is 2. The molecule has 0 bridgehead atoms. The van der Waals surface area contributed by atoms with Gasteiger partial charge in [0.1, 0.15) is 0 Å². The molecule has 1 fully saturated rings. The van der Waals surface area contributed by atoms with Gasteiger partial charge < -0.3 is 20.1 Å². The predicted octanol–water partition coefficient (Wildman–Crippen LogP) is 1.69. The maximum Gasteiger partial charge on any atom is 0.322 e. The first-order valence-corrected chi connectivity index (χ1v) is 7.62. The molecule has 1 aromatic heterocycles. The number of nitrogens with zero attached hydrogens (tertiary/aromatic N) is 2. The van der Waals surface area contributed by atoms with Crippen LogP contribution in [0.1, 0.15) is 6.92 Å². The highest BCUT2D eigenvalue weighted by Gasteiger charge is 2.33. The zero-order valence-electron chi connectivity index (χ0n) is 12.9. The molecule has 1 aliphatic heterocycles. The van der Waals surface area contributed by atoms with E-state index in [0.717, 1.165) is 11.3 Å². The van der Waals surface area contributed by atoms with Gasteiger partial charge in [-0.1, -0.05) is 12.1 Å². The van der Waals surface area contributed by atoms with Crippen molar-refractivity contribution < 1.29 is 14.6 Å². The highest BCUT2D eigenvalue weighted by molar-refractivity contribution is 5.89. The van der Waals surface area contributed by atoms with E-state index in [1.807, 2.05) is 37.3 Å². The van der Waals surface area contributed by atoms with Crippen molar-refractivity contribution in [2.75, 3.05) is 25.1 Å². The highest BCUT2D eigenvalue weighted by Crippen LogP contribution is 2.20. The van der Waals surface area contributed by atoms with E-state index in [-0.39, 0.29) is 18.7 Å². The molecule has 23 heavy (non-hydrogen) atoms. The summed E-state index contributed by atoms with van der Waals surface area (Å²) in [5.41, 5.74) is 2.61. The van der Waals surface area contributed by atoms with E-state index >= 15 is 0 Å². The number of benzene rings is 1. The number of rotatable bonds is 4. The van der Waals surface area contributed by atoms with Gasteiger partial charge in [0, 0.05) is 18.4 Å². The van der Waals surface area contributed by atoms with Crippen LogP contribution in [0.2, 0.25) is 0 Å². The molecule has 0 unspecified atom stereocenters. The first-order chi connectivity index (χ1) is 11.2. The van der Waals surface area contributed by atoms with Gasteiger partial charge in [0.05, 0.1) is 31.1 Å². The number of hydrogen-bond donors (Lipinski definition) is 3. The molecular weight excluding hydrogens is 296 g/mol. The molecule has 2 amide bonds. The van der Waals surface area contributed by atoms with E-state index in [2.05, 4.69) is 15.5 Å². The van der Waals surface area contributed by atoms with Crippen molar-refractivity contribution in [1.82, 2.24) is 15.1 Å². The number of carbonyl (C=O) groups excluding carboxylic acids is 1. The number of carbonyl (C=O) groups is 1. The van der Waals surface area contributed by atoms with Gasteiger partial charge in [0.15, 0.2) is 0 Å². The number of aliphatic hydroxyl groups excluding tert-OH is 1. The second-order valence-electron chi connectivity index (χ2n) is 5.44. The van der Waals surface area contributed by atoms with Gasteiger partial charge in [-0.15, -0.1) is 0 Å². The van der Waals surface area contributed by atoms with Crippen molar-refractivity contribution >= 4 is 11.7 Å². The molecular formula is C16H20N4O3. The fraction of sp³-hybridized carbons (Fsp3) is 0.375. The summed E-state index contributed by atoms with van der Waals surface area (Å²) in [5, 5.41) is 19.6. The largest absolute Gasteiger partial charge is 0.388 e. The maximum atomic E-state index is 12.4. The molecule has 0 saturated carbocycles. The first kappa shape index (κ1) is 15.5. The Kier molecular flexibility index (Phi) is 4.59. The fourth-order valence-corrected chi connectivity index (χ4v) is 2.70. The number of aromatic nitrogens is 2. The van der Waals surface area contributed by atoms with Gasteiger partial charge in [-0.25, -0.2) is 4.79 Å². The van der Waals surface area contributed by atoms with E-state index in [0.29, 0.717) is 18.8 Å². The van der Waals surface area contributed by atoms with E-state index in [9.17, 15) is 9.90 Å². The molecule has 0 radical (unpaired) electrons. The number of likely N-dealkylation sites (N-methyl/N-ethyl adjacent to an activating group) is 1. The van der Waals surface area contributed by atoms with Crippen LogP contribution < -0.4 is 5.32 Å². The van der Waals surface area contributed by atoms with Crippen molar-refractivity contribution in [3.05, 3.63) is 36.5 Å². The Hall–Kier alpha value is -2.38. The standard InChI is InChI=1S/C16H20N4O3/c1-2-20(14-9-23-10-15(14)21)16(22)18-12-5-3-11(4-6-12)13-7-8-17-19-13/h3-8,14-15,21H,2,9-10H2,1H3,(H,17,19)(H,18,22)/t14-,15-/m0/s1. The van der Waals surface area contributed by atoms with Crippen LogP contribution in [0.5, 0.6) is 0 Å². The van der Waals surface area contributed by atoms with Gasteiger partial charge in [-0.3, -0.25) is 5.10 Å². The average Bonchev–Trinajstić information content (AvgIpc) is 3.21. The van der Waals surface area contributed by atoms with E-state index in [4.69, 9.17) is 4.74 Å². The summed E-state index contributed by atoms with van der Waals surface area (Å²) in [4.78, 5) is 14.0. The molecule has 1 aromatic carbocycles. The lowest BCUT2D eigenvalue weighted by Gasteiger charge is -2.28. The number of amides is 2. The summed E-state index contributed by atoms with van der Waals surface area (Å²) in [6, 6.07) is 8.83. The third-order valence-corrected chi connectivity index (χ3v) is 3.97. The number of H-pyrrole nitrogens is 1. The topological polar surface area (TPSA) is 90.5 Å². The SMILES string of the molecule is CCN(C(=O)Nc1ccc(-c2ccn[nH]2)cc1)[C@H]1COC[C@@H]1O. The summed E-state index contributed by atoms with van der Waals surface area (Å²) < 4.78 is 5.23. The molecule has 2 atom stereocenters. The minimum atomic E-state index is -0.636. The fourth-order valence-electron chi connectivity index (χ4n) is 2.70. The zero-order chi connectivity index (χ0) is 16.2. The van der Waals surface area contributed by atoms with Crippen molar-refractivity contribution in [1.29, 1.82) is 0 Å². The van der Waals surface area contributed by atoms with Crippen LogP contribution in [0.15, 0.2) is 36.5 Å². The average molecular weight is 316 g/mol. The van der Waals surface area contributed by atoms with Gasteiger partial charge in [0.2, 0.25) is 0 Å². The molecule has 7 nitrogen and oxygen atoms in total. The van der Waals surface area contributed by atoms with E-state index < -0.39 is 6.10 Å². The molecule has 1 aliphatic rings. The van der Waals surface area contributed by atoms with Crippen LogP contribution in [-0.2, 0) is 4.74 Å². The monoisotopic (exact) mass is 316 g/mol. The molecule has 3 N–H and O–H groups in total. The van der Waals surface area contributed by atoms with Crippen LogP contribution in [-0.4, -0.2) is 58.1 Å². The van der Waals surface area contributed by atoms with Crippen molar-refractivity contribution in [2.24, 2.45) is 0 Å². The van der Waals surface area contributed by atoms with Crippen molar-refractivity contribution in [3.8, 4) is 11.3 Å². The normalized spacial score (nSPS) is 20.4. The number of hydrogen-bond acceptors (Lipinski definition) is 4. The summed E-state index contributed by atoms with van der Waals surface area (Å²) >= 11 is 0. The van der Waals surface area contributed by atoms with Crippen LogP contribution in [0.25, 0.3) is 11.3 Å². The Morgan fingerprint density at radius 2 is 2.17 bits per heavy atom. The third kappa shape index (κ3) is 3.35. The summed E-state index contributed by atoms with van der Waals surface area (Å²) in [7, 11) is 0. The number of aliphatic hydroxyl groups is 1. The highest BCUT2D eigenvalue weighted by atomic mass is 16.5. The van der Waals surface area contributed by atoms with Crippen LogP contribution in [0, 0.1) is 0 Å². The van der Waals surface area contributed by atoms with E-state index in [1.165, 1.54) is 0 Å².